The van der Waals surface area contributed by atoms with E-state index >= 15 is 0 Å². The summed E-state index contributed by atoms with van der Waals surface area (Å²) >= 11 is 0. The summed E-state index contributed by atoms with van der Waals surface area (Å²) in [5.74, 6) is 0.661. The van der Waals surface area contributed by atoms with Gasteiger partial charge in [-0.3, -0.25) is 10.1 Å². The monoisotopic (exact) mass is 287 g/mol. The van der Waals surface area contributed by atoms with Crippen LogP contribution < -0.4 is 4.74 Å². The number of hydrogen-bond donors (Lipinski definition) is 1. The molecule has 0 bridgehead atoms. The van der Waals surface area contributed by atoms with Gasteiger partial charge in [0.1, 0.15) is 5.75 Å². The van der Waals surface area contributed by atoms with Crippen LogP contribution in [-0.2, 0) is 6.42 Å². The molecule has 0 heterocycles. The molecule has 0 radical (unpaired) electrons. The van der Waals surface area contributed by atoms with Crippen LogP contribution in [0.2, 0.25) is 0 Å². The summed E-state index contributed by atoms with van der Waals surface area (Å²) in [5.41, 5.74) is 1.60. The van der Waals surface area contributed by atoms with Gasteiger partial charge in [-0.2, -0.15) is 0 Å². The molecular formula is C16H17NO4. The minimum atomic E-state index is -0.714. The summed E-state index contributed by atoms with van der Waals surface area (Å²) in [4.78, 5) is 10.2. The van der Waals surface area contributed by atoms with E-state index in [0.717, 1.165) is 11.1 Å². The zero-order valence-electron chi connectivity index (χ0n) is 11.7. The van der Waals surface area contributed by atoms with Gasteiger partial charge in [0.25, 0.3) is 5.69 Å². The first-order valence-electron chi connectivity index (χ1n) is 6.75. The molecule has 2 aromatic rings. The molecule has 110 valence electrons. The van der Waals surface area contributed by atoms with Gasteiger partial charge in [0.2, 0.25) is 0 Å². The highest BCUT2D eigenvalue weighted by molar-refractivity contribution is 5.37. The molecule has 2 aromatic carbocycles. The standard InChI is InChI=1S/C16H17NO4/c1-2-21-16-6-4-3-5-14(16)15(18)11-12-7-9-13(10-8-12)17(19)20/h3-10,15,18H,2,11H2,1H3. The molecule has 5 nitrogen and oxygen atoms in total. The molecule has 1 N–H and O–H groups in total. The molecular weight excluding hydrogens is 270 g/mol. The maximum atomic E-state index is 10.6. The van der Waals surface area contributed by atoms with Gasteiger partial charge in [-0.05, 0) is 18.6 Å². The maximum absolute atomic E-state index is 10.6. The fourth-order valence-electron chi connectivity index (χ4n) is 2.13. The lowest BCUT2D eigenvalue weighted by atomic mass is 10.0. The molecule has 0 aliphatic rings. The highest BCUT2D eigenvalue weighted by Gasteiger charge is 2.14. The molecule has 1 atom stereocenters. The third-order valence-electron chi connectivity index (χ3n) is 3.15. The van der Waals surface area contributed by atoms with Crippen LogP contribution in [0.5, 0.6) is 5.75 Å². The predicted molar refractivity (Wildman–Crippen MR) is 79.4 cm³/mol. The van der Waals surface area contributed by atoms with E-state index in [9.17, 15) is 15.2 Å². The number of nitro groups is 1. The summed E-state index contributed by atoms with van der Waals surface area (Å²) in [5, 5.41) is 21.0. The van der Waals surface area contributed by atoms with E-state index in [0.29, 0.717) is 18.8 Å². The van der Waals surface area contributed by atoms with E-state index in [2.05, 4.69) is 0 Å². The van der Waals surface area contributed by atoms with Crippen LogP contribution in [0.15, 0.2) is 48.5 Å². The first kappa shape index (κ1) is 15.0. The molecule has 0 aromatic heterocycles. The Morgan fingerprint density at radius 3 is 2.48 bits per heavy atom. The Labute approximate surface area is 123 Å². The van der Waals surface area contributed by atoms with Crippen molar-refractivity contribution in [3.05, 3.63) is 69.8 Å². The van der Waals surface area contributed by atoms with Crippen molar-refractivity contribution in [2.45, 2.75) is 19.4 Å². The SMILES string of the molecule is CCOc1ccccc1C(O)Cc1ccc([N+](=O)[O-])cc1. The van der Waals surface area contributed by atoms with Crippen molar-refractivity contribution in [1.29, 1.82) is 0 Å². The summed E-state index contributed by atoms with van der Waals surface area (Å²) < 4.78 is 5.50. The molecule has 0 spiro atoms. The van der Waals surface area contributed by atoms with Gasteiger partial charge >= 0.3 is 0 Å². The molecule has 0 aliphatic heterocycles. The maximum Gasteiger partial charge on any atom is 0.269 e. The second kappa shape index (κ2) is 6.85. The van der Waals surface area contributed by atoms with Crippen molar-refractivity contribution in [3.8, 4) is 5.75 Å². The number of aliphatic hydroxyl groups excluding tert-OH is 1. The van der Waals surface area contributed by atoms with E-state index in [1.807, 2.05) is 31.2 Å². The van der Waals surface area contributed by atoms with Crippen molar-refractivity contribution in [2.75, 3.05) is 6.61 Å². The minimum Gasteiger partial charge on any atom is -0.493 e. The summed E-state index contributed by atoms with van der Waals surface area (Å²) in [7, 11) is 0. The third-order valence-corrected chi connectivity index (χ3v) is 3.15. The Hall–Kier alpha value is -2.40. The highest BCUT2D eigenvalue weighted by Crippen LogP contribution is 2.28. The van der Waals surface area contributed by atoms with E-state index < -0.39 is 11.0 Å². The molecule has 2 rings (SSSR count). The average Bonchev–Trinajstić information content (AvgIpc) is 2.48. The van der Waals surface area contributed by atoms with Gasteiger partial charge in [0, 0.05) is 24.1 Å². The van der Waals surface area contributed by atoms with Gasteiger partial charge in [-0.25, -0.2) is 0 Å². The number of non-ortho nitro benzene ring substituents is 1. The van der Waals surface area contributed by atoms with Gasteiger partial charge < -0.3 is 9.84 Å². The predicted octanol–water partition coefficient (Wildman–Crippen LogP) is 3.27. The van der Waals surface area contributed by atoms with Gasteiger partial charge in [-0.1, -0.05) is 30.3 Å². The van der Waals surface area contributed by atoms with E-state index in [-0.39, 0.29) is 5.69 Å². The van der Waals surface area contributed by atoms with Crippen LogP contribution in [0.4, 0.5) is 5.69 Å². The lowest BCUT2D eigenvalue weighted by Crippen LogP contribution is -2.05. The number of nitrogens with zero attached hydrogens (tertiary/aromatic N) is 1. The average molecular weight is 287 g/mol. The minimum absolute atomic E-state index is 0.0444. The molecule has 21 heavy (non-hydrogen) atoms. The van der Waals surface area contributed by atoms with Gasteiger partial charge in [-0.15, -0.1) is 0 Å². The Balaban J connectivity index is 2.14. The van der Waals surface area contributed by atoms with Crippen molar-refractivity contribution in [3.63, 3.8) is 0 Å². The molecule has 0 amide bonds. The molecule has 0 saturated heterocycles. The Bertz CT molecular complexity index is 610. The largest absolute Gasteiger partial charge is 0.493 e. The van der Waals surface area contributed by atoms with E-state index in [1.165, 1.54) is 12.1 Å². The van der Waals surface area contributed by atoms with E-state index in [1.54, 1.807) is 12.1 Å². The second-order valence-corrected chi connectivity index (χ2v) is 4.61. The van der Waals surface area contributed by atoms with Crippen LogP contribution in [0.1, 0.15) is 24.2 Å². The van der Waals surface area contributed by atoms with Gasteiger partial charge in [0.05, 0.1) is 17.6 Å². The van der Waals surface area contributed by atoms with Crippen LogP contribution in [0, 0.1) is 10.1 Å². The first-order chi connectivity index (χ1) is 10.1. The molecule has 0 fully saturated rings. The number of aliphatic hydroxyl groups is 1. The number of rotatable bonds is 6. The summed E-state index contributed by atoms with van der Waals surface area (Å²) in [6.45, 7) is 2.42. The molecule has 5 heteroatoms. The summed E-state index contributed by atoms with van der Waals surface area (Å²) in [6.07, 6.45) is -0.337. The van der Waals surface area contributed by atoms with Crippen molar-refractivity contribution in [1.82, 2.24) is 0 Å². The quantitative estimate of drug-likeness (QED) is 0.653. The number of ether oxygens (including phenoxy) is 1. The van der Waals surface area contributed by atoms with E-state index in [4.69, 9.17) is 4.74 Å². The zero-order valence-corrected chi connectivity index (χ0v) is 11.7. The molecule has 0 aliphatic carbocycles. The van der Waals surface area contributed by atoms with Crippen LogP contribution in [-0.4, -0.2) is 16.6 Å². The first-order valence-corrected chi connectivity index (χ1v) is 6.75. The zero-order chi connectivity index (χ0) is 15.2. The van der Waals surface area contributed by atoms with Crippen LogP contribution >= 0.6 is 0 Å². The third kappa shape index (κ3) is 3.79. The van der Waals surface area contributed by atoms with Crippen LogP contribution in [0.25, 0.3) is 0 Å². The number of nitro benzene ring substituents is 1. The molecule has 1 unspecified atom stereocenters. The van der Waals surface area contributed by atoms with Crippen molar-refractivity contribution in [2.24, 2.45) is 0 Å². The van der Waals surface area contributed by atoms with Crippen molar-refractivity contribution >= 4 is 5.69 Å². The van der Waals surface area contributed by atoms with Crippen LogP contribution in [0.3, 0.4) is 0 Å². The summed E-state index contributed by atoms with van der Waals surface area (Å²) in [6, 6.07) is 13.5. The Morgan fingerprint density at radius 1 is 1.19 bits per heavy atom. The Morgan fingerprint density at radius 2 is 1.86 bits per heavy atom. The lowest BCUT2D eigenvalue weighted by molar-refractivity contribution is -0.384. The number of benzene rings is 2. The molecule has 0 saturated carbocycles. The second-order valence-electron chi connectivity index (χ2n) is 4.61. The normalized spacial score (nSPS) is 11.9. The van der Waals surface area contributed by atoms with Gasteiger partial charge in [0.15, 0.2) is 0 Å². The smallest absolute Gasteiger partial charge is 0.269 e. The number of hydrogen-bond acceptors (Lipinski definition) is 4. The lowest BCUT2D eigenvalue weighted by Gasteiger charge is -2.15. The fourth-order valence-corrected chi connectivity index (χ4v) is 2.13. The number of para-hydroxylation sites is 1. The highest BCUT2D eigenvalue weighted by atomic mass is 16.6. The van der Waals surface area contributed by atoms with Crippen molar-refractivity contribution < 1.29 is 14.8 Å². The topological polar surface area (TPSA) is 72.6 Å². The Kier molecular flexibility index (Phi) is 4.90. The fraction of sp³-hybridized carbons (Fsp3) is 0.250.